The Balaban J connectivity index is 1.64. The van der Waals surface area contributed by atoms with Crippen LogP contribution in [0.1, 0.15) is 23.4 Å². The fourth-order valence-corrected chi connectivity index (χ4v) is 3.05. The highest BCUT2D eigenvalue weighted by molar-refractivity contribution is 5.53. The second-order valence-electron chi connectivity index (χ2n) is 5.88. The third-order valence-electron chi connectivity index (χ3n) is 4.35. The minimum atomic E-state index is 0.955. The van der Waals surface area contributed by atoms with Gasteiger partial charge in [-0.2, -0.15) is 0 Å². The van der Waals surface area contributed by atoms with Gasteiger partial charge in [-0.1, -0.05) is 18.2 Å². The van der Waals surface area contributed by atoms with Crippen LogP contribution in [0.3, 0.4) is 0 Å². The van der Waals surface area contributed by atoms with Crippen molar-refractivity contribution in [1.29, 1.82) is 0 Å². The molecule has 1 aliphatic rings. The van der Waals surface area contributed by atoms with Gasteiger partial charge in [0.25, 0.3) is 0 Å². The van der Waals surface area contributed by atoms with Crippen LogP contribution in [0.5, 0.6) is 0 Å². The normalized spacial score (nSPS) is 17.0. The zero-order valence-corrected chi connectivity index (χ0v) is 13.0. The molecule has 1 N–H and O–H groups in total. The van der Waals surface area contributed by atoms with Crippen molar-refractivity contribution >= 4 is 5.69 Å². The molecule has 0 radical (unpaired) electrons. The van der Waals surface area contributed by atoms with Crippen LogP contribution >= 0.6 is 0 Å². The number of hydrogen-bond acceptors (Lipinski definition) is 3. The number of para-hydroxylation sites is 1. The number of anilines is 1. The van der Waals surface area contributed by atoms with E-state index >= 15 is 0 Å². The molecule has 0 bridgehead atoms. The van der Waals surface area contributed by atoms with E-state index in [9.17, 15) is 0 Å². The Hall–Kier alpha value is -1.81. The van der Waals surface area contributed by atoms with E-state index in [1.165, 1.54) is 29.1 Å². The monoisotopic (exact) mass is 284 g/mol. The van der Waals surface area contributed by atoms with Crippen molar-refractivity contribution in [1.82, 2.24) is 14.9 Å². The van der Waals surface area contributed by atoms with Crippen molar-refractivity contribution in [3.8, 4) is 0 Å². The van der Waals surface area contributed by atoms with Crippen LogP contribution in [0.2, 0.25) is 0 Å². The molecule has 1 aliphatic heterocycles. The summed E-state index contributed by atoms with van der Waals surface area (Å²) in [5.74, 6) is 0. The smallest absolute Gasteiger partial charge is 0.0925 e. The third-order valence-corrected chi connectivity index (χ3v) is 4.35. The van der Waals surface area contributed by atoms with E-state index in [4.69, 9.17) is 0 Å². The van der Waals surface area contributed by atoms with Crippen LogP contribution in [0.25, 0.3) is 0 Å². The number of benzene rings is 1. The molecule has 1 saturated heterocycles. The van der Waals surface area contributed by atoms with Gasteiger partial charge in [0, 0.05) is 44.1 Å². The second kappa shape index (κ2) is 6.31. The van der Waals surface area contributed by atoms with Gasteiger partial charge in [-0.25, -0.2) is 4.98 Å². The summed E-state index contributed by atoms with van der Waals surface area (Å²) in [4.78, 5) is 12.6. The summed E-state index contributed by atoms with van der Waals surface area (Å²) >= 11 is 0. The standard InChI is InChI=1S/C17H24N4/c1-14-6-3-4-7-17(14)21-9-5-8-20(10-11-21)12-16-15(2)18-13-19-16/h3-4,6-7,13H,5,8-12H2,1-2H3,(H,18,19). The van der Waals surface area contributed by atoms with Crippen molar-refractivity contribution in [2.45, 2.75) is 26.8 Å². The topological polar surface area (TPSA) is 35.2 Å². The molecule has 3 rings (SSSR count). The van der Waals surface area contributed by atoms with Crippen molar-refractivity contribution in [3.05, 3.63) is 47.5 Å². The van der Waals surface area contributed by atoms with Crippen molar-refractivity contribution in [3.63, 3.8) is 0 Å². The number of aromatic amines is 1. The molecule has 1 aromatic heterocycles. The number of imidazole rings is 1. The number of aryl methyl sites for hydroxylation is 2. The Bertz CT molecular complexity index is 590. The first kappa shape index (κ1) is 14.1. The van der Waals surface area contributed by atoms with E-state index in [-0.39, 0.29) is 0 Å². The molecule has 1 aromatic carbocycles. The molecular weight excluding hydrogens is 260 g/mol. The average Bonchev–Trinajstić information content (AvgIpc) is 2.74. The summed E-state index contributed by atoms with van der Waals surface area (Å²) in [6.07, 6.45) is 3.00. The average molecular weight is 284 g/mol. The van der Waals surface area contributed by atoms with Gasteiger partial charge in [0.05, 0.1) is 12.0 Å². The lowest BCUT2D eigenvalue weighted by Gasteiger charge is -2.25. The zero-order valence-electron chi connectivity index (χ0n) is 13.0. The van der Waals surface area contributed by atoms with Crippen molar-refractivity contribution in [2.24, 2.45) is 0 Å². The molecule has 0 atom stereocenters. The van der Waals surface area contributed by atoms with E-state index in [1.807, 2.05) is 0 Å². The van der Waals surface area contributed by atoms with Gasteiger partial charge >= 0.3 is 0 Å². The first-order valence-corrected chi connectivity index (χ1v) is 7.76. The van der Waals surface area contributed by atoms with Gasteiger partial charge in [0.2, 0.25) is 0 Å². The number of H-pyrrole nitrogens is 1. The summed E-state index contributed by atoms with van der Waals surface area (Å²) in [5.41, 5.74) is 5.12. The van der Waals surface area contributed by atoms with E-state index in [0.29, 0.717) is 0 Å². The Morgan fingerprint density at radius 3 is 2.71 bits per heavy atom. The first-order chi connectivity index (χ1) is 10.2. The number of aromatic nitrogens is 2. The summed E-state index contributed by atoms with van der Waals surface area (Å²) in [5, 5.41) is 0. The van der Waals surface area contributed by atoms with Crippen LogP contribution in [-0.4, -0.2) is 41.0 Å². The number of nitrogens with zero attached hydrogens (tertiary/aromatic N) is 3. The van der Waals surface area contributed by atoms with Crippen molar-refractivity contribution in [2.75, 3.05) is 31.1 Å². The highest BCUT2D eigenvalue weighted by Gasteiger charge is 2.17. The molecule has 21 heavy (non-hydrogen) atoms. The van der Waals surface area contributed by atoms with Gasteiger partial charge in [0.15, 0.2) is 0 Å². The summed E-state index contributed by atoms with van der Waals surface area (Å²) in [7, 11) is 0. The van der Waals surface area contributed by atoms with Crippen LogP contribution in [0.15, 0.2) is 30.6 Å². The highest BCUT2D eigenvalue weighted by atomic mass is 15.2. The van der Waals surface area contributed by atoms with Gasteiger partial charge in [0.1, 0.15) is 0 Å². The molecule has 0 aliphatic carbocycles. The van der Waals surface area contributed by atoms with Crippen LogP contribution in [0, 0.1) is 13.8 Å². The molecule has 0 amide bonds. The maximum absolute atomic E-state index is 4.42. The van der Waals surface area contributed by atoms with E-state index < -0.39 is 0 Å². The molecule has 1 fully saturated rings. The molecule has 0 unspecified atom stereocenters. The predicted octanol–water partition coefficient (Wildman–Crippen LogP) is 2.74. The number of nitrogens with one attached hydrogen (secondary N) is 1. The molecule has 4 heteroatoms. The fourth-order valence-electron chi connectivity index (χ4n) is 3.05. The second-order valence-corrected chi connectivity index (χ2v) is 5.88. The largest absolute Gasteiger partial charge is 0.370 e. The highest BCUT2D eigenvalue weighted by Crippen LogP contribution is 2.21. The Morgan fingerprint density at radius 1 is 1.10 bits per heavy atom. The molecule has 4 nitrogen and oxygen atoms in total. The van der Waals surface area contributed by atoms with E-state index in [0.717, 1.165) is 32.7 Å². The molecule has 0 spiro atoms. The first-order valence-electron chi connectivity index (χ1n) is 7.76. The Kier molecular flexibility index (Phi) is 4.25. The van der Waals surface area contributed by atoms with Crippen LogP contribution < -0.4 is 4.90 Å². The van der Waals surface area contributed by atoms with Gasteiger partial charge in [-0.15, -0.1) is 0 Å². The van der Waals surface area contributed by atoms with Gasteiger partial charge in [-0.05, 0) is 31.9 Å². The van der Waals surface area contributed by atoms with Crippen molar-refractivity contribution < 1.29 is 0 Å². The Labute approximate surface area is 126 Å². The summed E-state index contributed by atoms with van der Waals surface area (Å²) in [6, 6.07) is 8.69. The minimum absolute atomic E-state index is 0.955. The Morgan fingerprint density at radius 2 is 1.95 bits per heavy atom. The molecule has 2 heterocycles. The zero-order chi connectivity index (χ0) is 14.7. The van der Waals surface area contributed by atoms with Gasteiger partial charge < -0.3 is 9.88 Å². The van der Waals surface area contributed by atoms with Crippen LogP contribution in [0.4, 0.5) is 5.69 Å². The van der Waals surface area contributed by atoms with E-state index in [2.05, 4.69) is 57.9 Å². The van der Waals surface area contributed by atoms with Gasteiger partial charge in [-0.3, -0.25) is 4.90 Å². The molecule has 0 saturated carbocycles. The third kappa shape index (κ3) is 3.27. The quantitative estimate of drug-likeness (QED) is 0.941. The molecule has 2 aromatic rings. The lowest BCUT2D eigenvalue weighted by Crippen LogP contribution is -2.31. The lowest BCUT2D eigenvalue weighted by molar-refractivity contribution is 0.282. The maximum Gasteiger partial charge on any atom is 0.0925 e. The predicted molar refractivity (Wildman–Crippen MR) is 86.6 cm³/mol. The number of hydrogen-bond donors (Lipinski definition) is 1. The maximum atomic E-state index is 4.42. The lowest BCUT2D eigenvalue weighted by atomic mass is 10.2. The molecular formula is C17H24N4. The summed E-state index contributed by atoms with van der Waals surface area (Å²) < 4.78 is 0. The SMILES string of the molecule is Cc1ccccc1N1CCCN(Cc2nc[nH]c2C)CC1. The molecule has 112 valence electrons. The minimum Gasteiger partial charge on any atom is -0.370 e. The van der Waals surface area contributed by atoms with Crippen LogP contribution in [-0.2, 0) is 6.54 Å². The number of rotatable bonds is 3. The fraction of sp³-hybridized carbons (Fsp3) is 0.471. The van der Waals surface area contributed by atoms with E-state index in [1.54, 1.807) is 6.33 Å². The summed E-state index contributed by atoms with van der Waals surface area (Å²) in [6.45, 7) is 9.73.